The number of hydrogen-bond acceptors (Lipinski definition) is 6. The predicted molar refractivity (Wildman–Crippen MR) is 107 cm³/mol. The van der Waals surface area contributed by atoms with E-state index in [4.69, 9.17) is 42.1 Å². The highest BCUT2D eigenvalue weighted by molar-refractivity contribution is 9.11. The van der Waals surface area contributed by atoms with Crippen molar-refractivity contribution < 1.29 is 23.7 Å². The molecule has 2 unspecified atom stereocenters. The van der Waals surface area contributed by atoms with Crippen LogP contribution in [0.4, 0.5) is 0 Å². The highest BCUT2D eigenvalue weighted by Crippen LogP contribution is 2.52. The van der Waals surface area contributed by atoms with Crippen molar-refractivity contribution in [3.63, 3.8) is 0 Å². The molecule has 4 aliphatic rings. The maximum atomic E-state index is 11.3. The molecule has 0 N–H and O–H groups in total. The van der Waals surface area contributed by atoms with Gasteiger partial charge in [0.25, 0.3) is 0 Å². The van der Waals surface area contributed by atoms with Gasteiger partial charge >= 0.3 is 5.97 Å². The average Bonchev–Trinajstić information content (AvgIpc) is 3.13. The Balaban J connectivity index is 1.68. The molecule has 4 rings (SSSR count). The van der Waals surface area contributed by atoms with Gasteiger partial charge in [-0.1, -0.05) is 23.2 Å². The number of ether oxygens (including phenoxy) is 4. The van der Waals surface area contributed by atoms with Crippen LogP contribution in [0.15, 0.2) is 43.9 Å². The zero-order chi connectivity index (χ0) is 20.4. The van der Waals surface area contributed by atoms with Crippen LogP contribution in [0.2, 0.25) is 0 Å². The Labute approximate surface area is 181 Å². The van der Waals surface area contributed by atoms with Crippen molar-refractivity contribution in [2.45, 2.75) is 57.8 Å². The van der Waals surface area contributed by atoms with Crippen LogP contribution in [-0.2, 0) is 23.7 Å². The lowest BCUT2D eigenvalue weighted by Crippen LogP contribution is -2.53. The largest absolute Gasteiger partial charge is 0.464 e. The van der Waals surface area contributed by atoms with Gasteiger partial charge in [-0.2, -0.15) is 0 Å². The second-order valence-corrected chi connectivity index (χ2v) is 9.43. The molecular weight excluding hydrogens is 473 g/mol. The van der Waals surface area contributed by atoms with E-state index in [0.717, 1.165) is 10.2 Å². The molecule has 0 aromatic heterocycles. The van der Waals surface area contributed by atoms with E-state index in [1.807, 2.05) is 26.0 Å². The molecule has 0 aromatic rings. The first kappa shape index (κ1) is 20.1. The zero-order valence-electron chi connectivity index (χ0n) is 15.8. The fraction of sp³-hybridized carbons (Fsp3) is 0.526. The van der Waals surface area contributed by atoms with Crippen molar-refractivity contribution in [2.75, 3.05) is 6.61 Å². The number of allylic oxidation sites excluding steroid dienone is 2. The molecule has 3 aliphatic heterocycles. The smallest absolute Gasteiger partial charge is 0.303 e. The summed E-state index contributed by atoms with van der Waals surface area (Å²) in [7, 11) is 0. The van der Waals surface area contributed by atoms with Gasteiger partial charge in [-0.05, 0) is 40.6 Å². The second-order valence-electron chi connectivity index (χ2n) is 7.76. The number of rotatable bonds is 3. The van der Waals surface area contributed by atoms with Crippen molar-refractivity contribution in [1.82, 2.24) is 4.90 Å². The molecule has 3 atom stereocenters. The monoisotopic (exact) mass is 491 g/mol. The molecule has 1 aliphatic carbocycles. The summed E-state index contributed by atoms with van der Waals surface area (Å²) in [5, 5.41) is 1.12. The Morgan fingerprint density at radius 2 is 2.07 bits per heavy atom. The van der Waals surface area contributed by atoms with Gasteiger partial charge in [-0.25, -0.2) is 0 Å². The maximum absolute atomic E-state index is 11.3. The Hall–Kier alpha value is -1.15. The van der Waals surface area contributed by atoms with E-state index < -0.39 is 29.6 Å². The SMILES string of the molecule is CC(=O)OCC1=C2OC(C)(C)OC2[C@H](N2C(Br)=CC3=CC(Cl)=C(Cl)CC32C)O1. The van der Waals surface area contributed by atoms with Gasteiger partial charge in [0.2, 0.25) is 12.0 Å². The summed E-state index contributed by atoms with van der Waals surface area (Å²) in [6.07, 6.45) is 3.40. The average molecular weight is 493 g/mol. The lowest BCUT2D eigenvalue weighted by Gasteiger charge is -2.44. The van der Waals surface area contributed by atoms with E-state index >= 15 is 0 Å². The number of carbonyl (C=O) groups is 1. The third-order valence-corrected chi connectivity index (χ3v) is 6.56. The van der Waals surface area contributed by atoms with Crippen LogP contribution in [0.25, 0.3) is 0 Å². The Morgan fingerprint density at radius 3 is 2.75 bits per heavy atom. The highest BCUT2D eigenvalue weighted by Gasteiger charge is 2.57. The van der Waals surface area contributed by atoms with Crippen molar-refractivity contribution in [3.05, 3.63) is 43.9 Å². The molecule has 1 saturated heterocycles. The predicted octanol–water partition coefficient (Wildman–Crippen LogP) is 4.60. The summed E-state index contributed by atoms with van der Waals surface area (Å²) in [4.78, 5) is 13.3. The summed E-state index contributed by atoms with van der Waals surface area (Å²) < 4.78 is 24.2. The van der Waals surface area contributed by atoms with Crippen molar-refractivity contribution >= 4 is 45.1 Å². The molecule has 0 bridgehead atoms. The topological polar surface area (TPSA) is 57.2 Å². The first-order valence-electron chi connectivity index (χ1n) is 8.84. The first-order chi connectivity index (χ1) is 13.0. The van der Waals surface area contributed by atoms with Crippen LogP contribution in [0.5, 0.6) is 0 Å². The summed E-state index contributed by atoms with van der Waals surface area (Å²) in [6.45, 7) is 7.08. The molecule has 0 spiro atoms. The van der Waals surface area contributed by atoms with Gasteiger partial charge in [0.1, 0.15) is 0 Å². The number of halogens is 3. The third kappa shape index (κ3) is 3.16. The summed E-state index contributed by atoms with van der Waals surface area (Å²) in [6, 6.07) is 0. The Kier molecular flexibility index (Phi) is 4.81. The molecule has 0 saturated carbocycles. The molecule has 0 radical (unpaired) electrons. The van der Waals surface area contributed by atoms with Crippen molar-refractivity contribution in [1.29, 1.82) is 0 Å². The Bertz CT molecular complexity index is 878. The molecule has 0 amide bonds. The van der Waals surface area contributed by atoms with Crippen LogP contribution in [-0.4, -0.2) is 41.1 Å². The molecule has 6 nitrogen and oxygen atoms in total. The molecule has 0 aromatic carbocycles. The normalized spacial score (nSPS) is 33.2. The maximum Gasteiger partial charge on any atom is 0.303 e. The molecule has 28 heavy (non-hydrogen) atoms. The van der Waals surface area contributed by atoms with E-state index in [9.17, 15) is 4.79 Å². The number of esters is 1. The fourth-order valence-electron chi connectivity index (χ4n) is 3.95. The second kappa shape index (κ2) is 6.69. The van der Waals surface area contributed by atoms with Crippen LogP contribution in [0.3, 0.4) is 0 Å². The number of fused-ring (bicyclic) bond motifs is 2. The van der Waals surface area contributed by atoms with Crippen LogP contribution < -0.4 is 0 Å². The third-order valence-electron chi connectivity index (χ3n) is 5.18. The number of hydrogen-bond donors (Lipinski definition) is 0. The van der Waals surface area contributed by atoms with Gasteiger partial charge < -0.3 is 23.8 Å². The summed E-state index contributed by atoms with van der Waals surface area (Å²) >= 11 is 16.3. The quantitative estimate of drug-likeness (QED) is 0.424. The van der Waals surface area contributed by atoms with E-state index in [-0.39, 0.29) is 6.61 Å². The van der Waals surface area contributed by atoms with Gasteiger partial charge in [0.05, 0.1) is 15.2 Å². The van der Waals surface area contributed by atoms with Gasteiger partial charge in [0.15, 0.2) is 24.2 Å². The Morgan fingerprint density at radius 1 is 1.36 bits per heavy atom. The van der Waals surface area contributed by atoms with Crippen LogP contribution in [0, 0.1) is 0 Å². The fourth-order valence-corrected chi connectivity index (χ4v) is 5.29. The lowest BCUT2D eigenvalue weighted by molar-refractivity contribution is -0.179. The minimum atomic E-state index is -0.813. The minimum Gasteiger partial charge on any atom is -0.464 e. The van der Waals surface area contributed by atoms with Gasteiger partial charge in [-0.15, -0.1) is 0 Å². The number of carbonyl (C=O) groups excluding carboxylic acids is 1. The molecule has 3 heterocycles. The lowest BCUT2D eigenvalue weighted by atomic mass is 9.85. The molecule has 9 heteroatoms. The van der Waals surface area contributed by atoms with Crippen LogP contribution in [0.1, 0.15) is 34.1 Å². The summed E-state index contributed by atoms with van der Waals surface area (Å²) in [5.41, 5.74) is 0.544. The van der Waals surface area contributed by atoms with Crippen molar-refractivity contribution in [2.24, 2.45) is 0 Å². The van der Waals surface area contributed by atoms with Crippen molar-refractivity contribution in [3.8, 4) is 0 Å². The van der Waals surface area contributed by atoms with E-state index in [2.05, 4.69) is 27.8 Å². The van der Waals surface area contributed by atoms with E-state index in [0.29, 0.717) is 28.0 Å². The van der Waals surface area contributed by atoms with Gasteiger partial charge in [-0.3, -0.25) is 4.79 Å². The van der Waals surface area contributed by atoms with Crippen LogP contribution >= 0.6 is 39.1 Å². The standard InChI is InChI=1S/C19H20BrCl2NO5/c1-9(24)25-8-13-15-16(28-18(2,3)27-15)17(26-13)23-14(20)6-10-5-11(21)12(22)7-19(10,23)4/h5-6,16-17H,7-8H2,1-4H3/t16?,17-,19?/m1/s1. The highest BCUT2D eigenvalue weighted by atomic mass is 79.9. The van der Waals surface area contributed by atoms with E-state index in [1.165, 1.54) is 6.92 Å². The molecule has 1 fully saturated rings. The molecular formula is C19H20BrCl2NO5. The number of nitrogens with zero attached hydrogens (tertiary/aromatic N) is 1. The first-order valence-corrected chi connectivity index (χ1v) is 10.4. The zero-order valence-corrected chi connectivity index (χ0v) is 18.9. The summed E-state index contributed by atoms with van der Waals surface area (Å²) in [5.74, 6) is -0.208. The minimum absolute atomic E-state index is 0.0157. The molecule has 152 valence electrons. The van der Waals surface area contributed by atoms with Gasteiger partial charge in [0, 0.05) is 32.2 Å². The van der Waals surface area contributed by atoms with E-state index in [1.54, 1.807) is 0 Å².